The van der Waals surface area contributed by atoms with Crippen LogP contribution in [0.2, 0.25) is 0 Å². The molecule has 5 aliphatic rings. The van der Waals surface area contributed by atoms with E-state index in [9.17, 15) is 14.9 Å². The molecule has 2 aliphatic heterocycles. The first kappa shape index (κ1) is 21.5. The Balaban J connectivity index is 1.44. The van der Waals surface area contributed by atoms with Gasteiger partial charge in [-0.05, 0) is 82.6 Å². The van der Waals surface area contributed by atoms with Gasteiger partial charge in [0.15, 0.2) is 11.2 Å². The summed E-state index contributed by atoms with van der Waals surface area (Å²) in [6.07, 6.45) is 7.47. The van der Waals surface area contributed by atoms with E-state index in [4.69, 9.17) is 4.74 Å². The molecule has 7 rings (SSSR count). The second kappa shape index (κ2) is 6.75. The van der Waals surface area contributed by atoms with Gasteiger partial charge in [0.2, 0.25) is 0 Å². The van der Waals surface area contributed by atoms with Crippen LogP contribution in [0.3, 0.4) is 0 Å². The lowest BCUT2D eigenvalue weighted by Gasteiger charge is -2.66. The van der Waals surface area contributed by atoms with Crippen molar-refractivity contribution in [2.75, 3.05) is 11.6 Å². The fourth-order valence-corrected chi connectivity index (χ4v) is 7.09. The van der Waals surface area contributed by atoms with Gasteiger partial charge >= 0.3 is 0 Å². The van der Waals surface area contributed by atoms with Crippen LogP contribution < -0.4 is 15.2 Å². The summed E-state index contributed by atoms with van der Waals surface area (Å²) in [4.78, 5) is 25.0. The summed E-state index contributed by atoms with van der Waals surface area (Å²) < 4.78 is 8.51. The van der Waals surface area contributed by atoms with Crippen molar-refractivity contribution in [1.29, 1.82) is 5.26 Å². The molecule has 2 aromatic rings. The highest BCUT2D eigenvalue weighted by atomic mass is 16.5. The number of carbonyl (C=O) groups excluding carboxylic acids is 1. The average molecular weight is 458 g/mol. The Bertz CT molecular complexity index is 1330. The molecule has 0 spiro atoms. The van der Waals surface area contributed by atoms with Crippen molar-refractivity contribution >= 4 is 5.78 Å². The van der Waals surface area contributed by atoms with Crippen LogP contribution in [0.4, 0.5) is 0 Å². The van der Waals surface area contributed by atoms with E-state index in [0.29, 0.717) is 6.61 Å². The van der Waals surface area contributed by atoms with E-state index in [0.717, 1.165) is 61.1 Å². The molecular formula is C28H31N3O3. The predicted molar refractivity (Wildman–Crippen MR) is 130 cm³/mol. The van der Waals surface area contributed by atoms with Gasteiger partial charge in [-0.25, -0.2) is 0 Å². The molecule has 0 N–H and O–H groups in total. The minimum atomic E-state index is -0.228. The van der Waals surface area contributed by atoms with Crippen LogP contribution in [-0.2, 0) is 6.42 Å². The minimum absolute atomic E-state index is 0.0710. The van der Waals surface area contributed by atoms with Gasteiger partial charge in [0, 0.05) is 23.2 Å². The topological polar surface area (TPSA) is 75.3 Å². The van der Waals surface area contributed by atoms with Crippen molar-refractivity contribution in [3.8, 4) is 23.1 Å². The molecule has 1 atom stereocenters. The number of ether oxygens (including phenoxy) is 1. The van der Waals surface area contributed by atoms with E-state index < -0.39 is 0 Å². The van der Waals surface area contributed by atoms with Gasteiger partial charge in [-0.2, -0.15) is 5.26 Å². The molecule has 0 radical (unpaired) electrons. The van der Waals surface area contributed by atoms with E-state index in [-0.39, 0.29) is 39.2 Å². The van der Waals surface area contributed by atoms with Crippen molar-refractivity contribution in [2.45, 2.75) is 77.8 Å². The molecule has 1 aromatic heterocycles. The lowest BCUT2D eigenvalue weighted by molar-refractivity contribution is -0.181. The molecule has 3 heterocycles. The Morgan fingerprint density at radius 1 is 1.24 bits per heavy atom. The first-order valence-electron chi connectivity index (χ1n) is 12.4. The maximum atomic E-state index is 12.8. The summed E-state index contributed by atoms with van der Waals surface area (Å²) in [5.74, 6) is 0.724. The number of benzene rings is 1. The Labute approximate surface area is 200 Å². The molecule has 3 saturated carbocycles. The van der Waals surface area contributed by atoms with Crippen LogP contribution in [0, 0.1) is 22.2 Å². The van der Waals surface area contributed by atoms with E-state index >= 15 is 0 Å². The third-order valence-corrected chi connectivity index (χ3v) is 8.75. The third-order valence-electron chi connectivity index (χ3n) is 8.75. The monoisotopic (exact) mass is 457 g/mol. The van der Waals surface area contributed by atoms with Crippen molar-refractivity contribution in [2.24, 2.45) is 10.8 Å². The SMILES string of the molecule is CCc1cc2c(cc1OCC13CC(C#N)(C1)C3)[C@H]1CCC(C)(C)N1n1cc(C(C)=O)c(=O)cc1-2. The summed E-state index contributed by atoms with van der Waals surface area (Å²) in [6, 6.07) is 8.65. The van der Waals surface area contributed by atoms with Crippen LogP contribution in [-0.4, -0.2) is 22.6 Å². The number of hydrogen-bond donors (Lipinski definition) is 0. The Morgan fingerprint density at radius 2 is 1.97 bits per heavy atom. The number of nitrogens with zero attached hydrogens (tertiary/aromatic N) is 3. The Hall–Kier alpha value is -3.07. The van der Waals surface area contributed by atoms with Crippen molar-refractivity contribution < 1.29 is 9.53 Å². The highest BCUT2D eigenvalue weighted by Crippen LogP contribution is 2.73. The number of aryl methyl sites for hydroxylation is 1. The molecule has 34 heavy (non-hydrogen) atoms. The smallest absolute Gasteiger partial charge is 0.193 e. The first-order chi connectivity index (χ1) is 16.1. The minimum Gasteiger partial charge on any atom is -0.493 e. The van der Waals surface area contributed by atoms with Crippen LogP contribution in [0.5, 0.6) is 5.75 Å². The second-order valence-electron chi connectivity index (χ2n) is 11.7. The molecular weight excluding hydrogens is 426 g/mol. The number of fused-ring (bicyclic) bond motifs is 6. The zero-order chi connectivity index (χ0) is 24.0. The fourth-order valence-electron chi connectivity index (χ4n) is 7.09. The maximum absolute atomic E-state index is 12.8. The van der Waals surface area contributed by atoms with Gasteiger partial charge in [-0.15, -0.1) is 0 Å². The molecule has 0 unspecified atom stereocenters. The normalized spacial score (nSPS) is 29.1. The second-order valence-corrected chi connectivity index (χ2v) is 11.7. The summed E-state index contributed by atoms with van der Waals surface area (Å²) >= 11 is 0. The predicted octanol–water partition coefficient (Wildman–Crippen LogP) is 4.92. The largest absolute Gasteiger partial charge is 0.493 e. The molecule has 3 aliphatic carbocycles. The van der Waals surface area contributed by atoms with Gasteiger partial charge in [0.05, 0.1) is 40.9 Å². The zero-order valence-corrected chi connectivity index (χ0v) is 20.4. The molecule has 4 fully saturated rings. The fraction of sp³-hybridized carbons (Fsp3) is 0.536. The standard InChI is InChI=1S/C28H31N3O3/c1-5-18-8-19-20(9-25(18)34-16-28-12-27(13-28,14-28)15-29)22-6-7-26(3,4)31(22)30-11-21(17(2)32)24(33)10-23(19)30/h8-11,22H,5-7,12-14,16H2,1-4H3/t22-,27?,28?/m1/s1. The molecule has 2 bridgehead atoms. The first-order valence-corrected chi connectivity index (χ1v) is 12.4. The van der Waals surface area contributed by atoms with Gasteiger partial charge in [-0.3, -0.25) is 19.3 Å². The summed E-state index contributed by atoms with van der Waals surface area (Å²) in [6.45, 7) is 8.69. The van der Waals surface area contributed by atoms with Crippen LogP contribution in [0.25, 0.3) is 11.3 Å². The van der Waals surface area contributed by atoms with Crippen molar-refractivity contribution in [1.82, 2.24) is 4.68 Å². The van der Waals surface area contributed by atoms with Gasteiger partial charge in [0.25, 0.3) is 0 Å². The highest BCUT2D eigenvalue weighted by molar-refractivity contribution is 5.94. The number of Topliss-reactive ketones (excluding diaryl/α,β-unsaturated/α-hetero) is 1. The number of nitriles is 1. The maximum Gasteiger partial charge on any atom is 0.193 e. The van der Waals surface area contributed by atoms with Gasteiger partial charge in [0.1, 0.15) is 5.75 Å². The number of rotatable bonds is 5. The third kappa shape index (κ3) is 2.79. The van der Waals surface area contributed by atoms with E-state index in [1.54, 1.807) is 12.3 Å². The lowest BCUT2D eigenvalue weighted by Crippen LogP contribution is -2.63. The van der Waals surface area contributed by atoms with E-state index in [2.05, 4.69) is 48.7 Å². The number of carbonyl (C=O) groups is 1. The molecule has 1 saturated heterocycles. The Morgan fingerprint density at radius 3 is 2.62 bits per heavy atom. The number of ketones is 1. The van der Waals surface area contributed by atoms with E-state index in [1.165, 1.54) is 12.5 Å². The van der Waals surface area contributed by atoms with Gasteiger partial charge in [-0.1, -0.05) is 6.92 Å². The molecule has 6 heteroatoms. The number of hydrogen-bond acceptors (Lipinski definition) is 5. The summed E-state index contributed by atoms with van der Waals surface area (Å²) in [5.41, 5.74) is 4.23. The molecule has 1 aromatic carbocycles. The number of pyridine rings is 1. The van der Waals surface area contributed by atoms with Gasteiger partial charge < -0.3 is 4.74 Å². The van der Waals surface area contributed by atoms with Crippen LogP contribution in [0.15, 0.2) is 29.2 Å². The van der Waals surface area contributed by atoms with Crippen LogP contribution >= 0.6 is 0 Å². The molecule has 0 amide bonds. The van der Waals surface area contributed by atoms with Crippen molar-refractivity contribution in [3.05, 3.63) is 51.3 Å². The average Bonchev–Trinajstić information content (AvgIpc) is 3.06. The highest BCUT2D eigenvalue weighted by Gasteiger charge is 2.68. The van der Waals surface area contributed by atoms with E-state index in [1.807, 2.05) is 0 Å². The summed E-state index contributed by atoms with van der Waals surface area (Å²) in [5, 5.41) is 11.7. The van der Waals surface area contributed by atoms with Crippen molar-refractivity contribution in [3.63, 3.8) is 0 Å². The lowest BCUT2D eigenvalue weighted by atomic mass is 9.36. The van der Waals surface area contributed by atoms with Crippen LogP contribution in [0.1, 0.15) is 87.3 Å². The Kier molecular flexibility index (Phi) is 4.26. The molecule has 176 valence electrons. The molecule has 6 nitrogen and oxygen atoms in total. The number of aromatic nitrogens is 1. The summed E-state index contributed by atoms with van der Waals surface area (Å²) in [7, 11) is 0. The quantitative estimate of drug-likeness (QED) is 0.596. The zero-order valence-electron chi connectivity index (χ0n) is 20.4.